The highest BCUT2D eigenvalue weighted by molar-refractivity contribution is 5.77. The van der Waals surface area contributed by atoms with Crippen LogP contribution in [0.15, 0.2) is 73.3 Å². The van der Waals surface area contributed by atoms with E-state index in [-0.39, 0.29) is 12.3 Å². The van der Waals surface area contributed by atoms with Crippen molar-refractivity contribution in [3.05, 3.63) is 84.4 Å². The minimum absolute atomic E-state index is 0.206. The molecule has 0 spiro atoms. The molecule has 0 fully saturated rings. The molecule has 0 atom stereocenters. The smallest absolute Gasteiger partial charge is 0.234 e. The highest BCUT2D eigenvalue weighted by Crippen LogP contribution is 2.35. The molecule has 1 amide bonds. The Hall–Kier alpha value is -4.51. The largest absolute Gasteiger partial charge is 0.369 e. The summed E-state index contributed by atoms with van der Waals surface area (Å²) in [4.78, 5) is 22.3. The maximum absolute atomic E-state index is 11.1. The maximum atomic E-state index is 11.1. The lowest BCUT2D eigenvalue weighted by Gasteiger charge is -2.24. The summed E-state index contributed by atoms with van der Waals surface area (Å²) in [5.74, 6) is 0.118. The van der Waals surface area contributed by atoms with Gasteiger partial charge in [-0.25, -0.2) is 9.97 Å². The van der Waals surface area contributed by atoms with Gasteiger partial charge in [-0.15, -0.1) is 0 Å². The molecule has 2 heterocycles. The van der Waals surface area contributed by atoms with Crippen LogP contribution in [0.3, 0.4) is 0 Å². The summed E-state index contributed by atoms with van der Waals surface area (Å²) in [7, 11) is 1.85. The average Bonchev–Trinajstić information content (AvgIpc) is 3.25. The van der Waals surface area contributed by atoms with E-state index in [4.69, 9.17) is 5.73 Å². The van der Waals surface area contributed by atoms with Crippen LogP contribution in [-0.4, -0.2) is 25.7 Å². The first-order chi connectivity index (χ1) is 16.3. The molecule has 0 aliphatic heterocycles. The first kappa shape index (κ1) is 22.7. The van der Waals surface area contributed by atoms with Gasteiger partial charge in [0.05, 0.1) is 29.8 Å². The predicted molar refractivity (Wildman–Crippen MR) is 130 cm³/mol. The highest BCUT2D eigenvalue weighted by atomic mass is 16.1. The monoisotopic (exact) mass is 451 g/mol. The van der Waals surface area contributed by atoms with Crippen molar-refractivity contribution in [3.63, 3.8) is 0 Å². The molecule has 0 saturated carbocycles. The van der Waals surface area contributed by atoms with Gasteiger partial charge in [0.2, 0.25) is 11.9 Å². The Morgan fingerprint density at radius 1 is 1.06 bits per heavy atom. The van der Waals surface area contributed by atoms with E-state index in [1.165, 1.54) is 0 Å². The van der Waals surface area contributed by atoms with Gasteiger partial charge in [0, 0.05) is 36.9 Å². The van der Waals surface area contributed by atoms with Crippen molar-refractivity contribution < 1.29 is 4.79 Å². The van der Waals surface area contributed by atoms with Gasteiger partial charge in [-0.3, -0.25) is 14.4 Å². The van der Waals surface area contributed by atoms with E-state index >= 15 is 0 Å². The third-order valence-corrected chi connectivity index (χ3v) is 5.56. The molecule has 2 aromatic carbocycles. The van der Waals surface area contributed by atoms with Crippen molar-refractivity contribution in [1.29, 1.82) is 5.26 Å². The van der Waals surface area contributed by atoms with Crippen LogP contribution in [0.4, 0.5) is 17.3 Å². The second-order valence-corrected chi connectivity index (χ2v) is 8.61. The van der Waals surface area contributed by atoms with E-state index in [1.807, 2.05) is 80.5 Å². The number of carbonyl (C=O) groups excluding carboxylic acids is 1. The summed E-state index contributed by atoms with van der Waals surface area (Å²) < 4.78 is 1.72. The molecule has 8 nitrogen and oxygen atoms in total. The minimum Gasteiger partial charge on any atom is -0.369 e. The van der Waals surface area contributed by atoms with Crippen LogP contribution < -0.4 is 10.6 Å². The van der Waals surface area contributed by atoms with Gasteiger partial charge in [-0.2, -0.15) is 10.4 Å². The van der Waals surface area contributed by atoms with Crippen molar-refractivity contribution >= 4 is 23.2 Å². The van der Waals surface area contributed by atoms with Gasteiger partial charge in [-0.05, 0) is 42.7 Å². The Morgan fingerprint density at radius 3 is 2.35 bits per heavy atom. The number of hydrogen-bond acceptors (Lipinski definition) is 6. The molecule has 2 N–H and O–H groups in total. The summed E-state index contributed by atoms with van der Waals surface area (Å²) in [5.41, 5.74) is 9.81. The quantitative estimate of drug-likeness (QED) is 0.451. The Balaban J connectivity index is 1.71. The zero-order valence-electron chi connectivity index (χ0n) is 19.3. The summed E-state index contributed by atoms with van der Waals surface area (Å²) in [6.07, 6.45) is 7.36. The van der Waals surface area contributed by atoms with Crippen LogP contribution >= 0.6 is 0 Å². The summed E-state index contributed by atoms with van der Waals surface area (Å²) in [6.45, 7) is 3.78. The van der Waals surface area contributed by atoms with Crippen molar-refractivity contribution in [3.8, 4) is 17.2 Å². The number of anilines is 3. The van der Waals surface area contributed by atoms with E-state index in [0.717, 1.165) is 33.6 Å². The molecule has 0 aliphatic rings. The molecule has 0 aliphatic carbocycles. The number of nitrogens with two attached hydrogens (primary N) is 1. The third kappa shape index (κ3) is 4.79. The summed E-state index contributed by atoms with van der Waals surface area (Å²) >= 11 is 0. The highest BCUT2D eigenvalue weighted by Gasteiger charge is 2.23. The lowest BCUT2D eigenvalue weighted by atomic mass is 9.86. The molecular weight excluding hydrogens is 426 g/mol. The van der Waals surface area contributed by atoms with Crippen LogP contribution in [0.2, 0.25) is 0 Å². The number of benzene rings is 2. The zero-order valence-corrected chi connectivity index (χ0v) is 19.3. The number of amides is 1. The van der Waals surface area contributed by atoms with Gasteiger partial charge < -0.3 is 5.73 Å². The third-order valence-electron chi connectivity index (χ3n) is 5.56. The Morgan fingerprint density at radius 2 is 1.76 bits per heavy atom. The second-order valence-electron chi connectivity index (χ2n) is 8.61. The van der Waals surface area contributed by atoms with Crippen LogP contribution in [0, 0.1) is 11.3 Å². The maximum Gasteiger partial charge on any atom is 0.234 e. The van der Waals surface area contributed by atoms with E-state index in [1.54, 1.807) is 23.3 Å². The molecule has 0 radical (unpaired) electrons. The van der Waals surface area contributed by atoms with Gasteiger partial charge >= 0.3 is 0 Å². The summed E-state index contributed by atoms with van der Waals surface area (Å²) in [5, 5.41) is 13.9. The fourth-order valence-corrected chi connectivity index (χ4v) is 3.60. The standard InChI is InChI=1S/C26H25N7O/c1-26(2,17-27)21-5-4-6-22(12-21)33(23-15-31-32(3)16-23)25-29-13-20(14-30-25)19-9-7-18(8-10-19)11-24(28)34/h4-10,12-16H,11H2,1-3H3,(H2,28,34). The lowest BCUT2D eigenvalue weighted by molar-refractivity contribution is -0.117. The number of primary amides is 1. The SMILES string of the molecule is Cn1cc(N(c2cccc(C(C)(C)C#N)c2)c2ncc(-c3ccc(CC(N)=O)cc3)cn2)cn1. The molecular formula is C26H25N7O. The molecule has 4 rings (SSSR count). The molecule has 170 valence electrons. The molecule has 0 unspecified atom stereocenters. The first-order valence-corrected chi connectivity index (χ1v) is 10.8. The number of nitriles is 1. The first-order valence-electron chi connectivity index (χ1n) is 10.8. The van der Waals surface area contributed by atoms with Crippen molar-refractivity contribution in [2.45, 2.75) is 25.7 Å². The molecule has 4 aromatic rings. The van der Waals surface area contributed by atoms with Gasteiger partial charge in [0.25, 0.3) is 0 Å². The number of aryl methyl sites for hydroxylation is 1. The van der Waals surface area contributed by atoms with E-state index in [2.05, 4.69) is 21.1 Å². The lowest BCUT2D eigenvalue weighted by Crippen LogP contribution is -2.17. The Kier molecular flexibility index (Phi) is 6.11. The van der Waals surface area contributed by atoms with E-state index in [9.17, 15) is 10.1 Å². The van der Waals surface area contributed by atoms with Crippen molar-refractivity contribution in [2.24, 2.45) is 12.8 Å². The van der Waals surface area contributed by atoms with E-state index < -0.39 is 5.41 Å². The van der Waals surface area contributed by atoms with E-state index in [0.29, 0.717) is 5.95 Å². The molecule has 2 aromatic heterocycles. The van der Waals surface area contributed by atoms with Gasteiger partial charge in [-0.1, -0.05) is 36.4 Å². The average molecular weight is 452 g/mol. The number of nitrogens with zero attached hydrogens (tertiary/aromatic N) is 6. The van der Waals surface area contributed by atoms with Crippen LogP contribution in [-0.2, 0) is 23.7 Å². The minimum atomic E-state index is -0.637. The Bertz CT molecular complexity index is 1350. The van der Waals surface area contributed by atoms with Crippen molar-refractivity contribution in [2.75, 3.05) is 4.90 Å². The predicted octanol–water partition coefficient (Wildman–Crippen LogP) is 4.18. The van der Waals surface area contributed by atoms with Crippen LogP contribution in [0.5, 0.6) is 0 Å². The second kappa shape index (κ2) is 9.16. The number of carbonyl (C=O) groups is 1. The number of rotatable bonds is 7. The summed E-state index contributed by atoms with van der Waals surface area (Å²) in [6, 6.07) is 17.7. The normalized spacial score (nSPS) is 11.1. The van der Waals surface area contributed by atoms with Crippen molar-refractivity contribution in [1.82, 2.24) is 19.7 Å². The van der Waals surface area contributed by atoms with Gasteiger partial charge in [0.1, 0.15) is 0 Å². The molecule has 0 bridgehead atoms. The molecule has 34 heavy (non-hydrogen) atoms. The number of hydrogen-bond donors (Lipinski definition) is 1. The number of aromatic nitrogens is 4. The molecule has 8 heteroatoms. The molecule has 0 saturated heterocycles. The van der Waals surface area contributed by atoms with Crippen LogP contribution in [0.25, 0.3) is 11.1 Å². The van der Waals surface area contributed by atoms with Crippen LogP contribution in [0.1, 0.15) is 25.0 Å². The fourth-order valence-electron chi connectivity index (χ4n) is 3.60. The fraction of sp³-hybridized carbons (Fsp3) is 0.192. The Labute approximate surface area is 198 Å². The van der Waals surface area contributed by atoms with Gasteiger partial charge in [0.15, 0.2) is 0 Å². The zero-order chi connectivity index (χ0) is 24.3. The topological polar surface area (TPSA) is 114 Å².